The van der Waals surface area contributed by atoms with E-state index in [1.807, 2.05) is 0 Å². The van der Waals surface area contributed by atoms with E-state index in [0.29, 0.717) is 37.7 Å². The SMILES string of the molecule is CC[C@H](C)[C@H](NC(=O)[C@@H](NC(=O)[C@@H](N)CCCN=C(N)N)[C@@H](C)CC)C(=O)N[C@@H](Cc1ccc(O)cc1)C(=O)N[C@@H](CC(=O)O)C(=O)N[C@@H](CCCN=C(N)N)C(=O)N[C@@H](CCCCN)C(=O)N[C@@H](CC(C)C)C(=O)N[C@@H](CC(C)C)C(=O)O. The zero-order valence-electron chi connectivity index (χ0n) is 49.9. The lowest BCUT2D eigenvalue weighted by atomic mass is 9.94. The van der Waals surface area contributed by atoms with Gasteiger partial charge in [0.15, 0.2) is 11.9 Å². The minimum Gasteiger partial charge on any atom is -0.508 e. The number of carbonyl (C=O) groups is 10. The number of aromatic hydroxyl groups is 1. The van der Waals surface area contributed by atoms with Crippen LogP contribution in [0.25, 0.3) is 0 Å². The van der Waals surface area contributed by atoms with Crippen LogP contribution in [0.4, 0.5) is 0 Å². The number of unbranched alkanes of at least 4 members (excludes halogenated alkanes) is 1. The number of aliphatic imine (C=N–C) groups is 2. The number of amides is 8. The Labute approximate surface area is 492 Å². The monoisotopic (exact) mass is 1190 g/mol. The highest BCUT2D eigenvalue weighted by molar-refractivity contribution is 5.99. The number of phenolic OH excluding ortho intramolecular Hbond substituents is 1. The maximum Gasteiger partial charge on any atom is 0.326 e. The van der Waals surface area contributed by atoms with Crippen LogP contribution >= 0.6 is 0 Å². The van der Waals surface area contributed by atoms with Crippen molar-refractivity contribution < 1.29 is 63.3 Å². The lowest BCUT2D eigenvalue weighted by Gasteiger charge is -2.31. The molecule has 0 bridgehead atoms. The first-order chi connectivity index (χ1) is 39.4. The van der Waals surface area contributed by atoms with Gasteiger partial charge in [-0.15, -0.1) is 0 Å². The third-order valence-corrected chi connectivity index (χ3v) is 13.7. The second-order valence-electron chi connectivity index (χ2n) is 22.0. The van der Waals surface area contributed by atoms with Crippen molar-refractivity contribution in [3.63, 3.8) is 0 Å². The van der Waals surface area contributed by atoms with Crippen molar-refractivity contribution in [3.05, 3.63) is 29.8 Å². The van der Waals surface area contributed by atoms with Crippen LogP contribution in [0, 0.1) is 23.7 Å². The molecule has 0 aliphatic heterocycles. The van der Waals surface area contributed by atoms with Gasteiger partial charge in [0.25, 0.3) is 0 Å². The first-order valence-corrected chi connectivity index (χ1v) is 28.7. The third kappa shape index (κ3) is 28.9. The number of nitrogens with two attached hydrogens (primary N) is 6. The normalized spacial score (nSPS) is 15.1. The molecular formula is C55H96N16O13. The second kappa shape index (κ2) is 38.9. The summed E-state index contributed by atoms with van der Waals surface area (Å²) in [7, 11) is 0. The number of carbonyl (C=O) groups excluding carboxylic acids is 8. The van der Waals surface area contributed by atoms with E-state index in [2.05, 4.69) is 52.5 Å². The standard InChI is InChI=1S/C55H96N16O13/c1-9-31(7)43(71-52(82)44(32(8)10-2)70-45(75)35(57)15-13-23-62-54(58)59)51(81)68-39(27-33-18-20-34(72)21-19-33)49(79)67-40(28-42(73)74)50(80)65-37(17-14-24-63-55(60)61)46(76)64-36(16-11-12-22-56)47(77)66-38(25-29(3)4)48(78)69-41(53(83)84)26-30(5)6/h18-21,29-32,35-41,43-44,72H,9-17,22-28,56-57H2,1-8H3,(H,64,76)(H,65,80)(H,66,77)(H,67,79)(H,68,81)(H,69,78)(H,70,75)(H,71,82)(H,73,74)(H,83,84)(H4,58,59,62)(H4,60,61,63)/t31-,32-,35-,36-,37-,38-,39-,40-,41-,43-,44-/m0/s1. The molecule has 1 aromatic rings. The summed E-state index contributed by atoms with van der Waals surface area (Å²) in [6.45, 7) is 14.5. The molecule has 0 fully saturated rings. The summed E-state index contributed by atoms with van der Waals surface area (Å²) in [5, 5.41) is 50.7. The van der Waals surface area contributed by atoms with Crippen molar-refractivity contribution in [2.45, 2.75) is 193 Å². The predicted octanol–water partition coefficient (Wildman–Crippen LogP) is -1.88. The number of nitrogens with zero attached hydrogens (tertiary/aromatic N) is 2. The quantitative estimate of drug-likeness (QED) is 0.0194. The van der Waals surface area contributed by atoms with Gasteiger partial charge in [0, 0.05) is 19.5 Å². The molecule has 8 amide bonds. The molecule has 0 unspecified atom stereocenters. The number of phenols is 1. The lowest BCUT2D eigenvalue weighted by Crippen LogP contribution is -2.62. The van der Waals surface area contributed by atoms with Crippen molar-refractivity contribution in [1.29, 1.82) is 0 Å². The molecule has 0 saturated carbocycles. The van der Waals surface area contributed by atoms with Gasteiger partial charge in [-0.3, -0.25) is 53.1 Å². The number of rotatable bonds is 41. The van der Waals surface area contributed by atoms with Crippen LogP contribution in [0.3, 0.4) is 0 Å². The Morgan fingerprint density at radius 3 is 1.35 bits per heavy atom. The average molecular weight is 1190 g/mol. The van der Waals surface area contributed by atoms with Crippen molar-refractivity contribution in [2.24, 2.45) is 68.1 Å². The van der Waals surface area contributed by atoms with Crippen LogP contribution in [0.2, 0.25) is 0 Å². The van der Waals surface area contributed by atoms with Gasteiger partial charge in [-0.2, -0.15) is 0 Å². The number of hydrogen-bond donors (Lipinski definition) is 17. The molecule has 23 N–H and O–H groups in total. The van der Waals surface area contributed by atoms with Gasteiger partial charge in [0.2, 0.25) is 47.3 Å². The molecule has 0 heterocycles. The Bertz CT molecular complexity index is 2370. The number of guanidine groups is 2. The topological polar surface area (TPSA) is 508 Å². The van der Waals surface area contributed by atoms with E-state index < -0.39 is 132 Å². The van der Waals surface area contributed by atoms with Gasteiger partial charge in [0.05, 0.1) is 12.5 Å². The van der Waals surface area contributed by atoms with Gasteiger partial charge in [-0.05, 0) is 106 Å². The zero-order valence-corrected chi connectivity index (χ0v) is 49.9. The van der Waals surface area contributed by atoms with Gasteiger partial charge in [0.1, 0.15) is 54.1 Å². The van der Waals surface area contributed by atoms with Gasteiger partial charge in [-0.25, -0.2) is 4.79 Å². The van der Waals surface area contributed by atoms with E-state index in [4.69, 9.17) is 34.4 Å². The summed E-state index contributed by atoms with van der Waals surface area (Å²) in [5.41, 5.74) is 34.1. The fraction of sp³-hybridized carbons (Fsp3) is 0.673. The fourth-order valence-corrected chi connectivity index (χ4v) is 8.57. The van der Waals surface area contributed by atoms with Crippen molar-refractivity contribution in [3.8, 4) is 5.75 Å². The molecule has 1 aromatic carbocycles. The Morgan fingerprint density at radius 1 is 0.488 bits per heavy atom. The zero-order chi connectivity index (χ0) is 63.8. The maximum absolute atomic E-state index is 14.5. The Kier molecular flexibility index (Phi) is 34.3. The summed E-state index contributed by atoms with van der Waals surface area (Å²) in [6, 6.07) is -6.86. The van der Waals surface area contributed by atoms with Gasteiger partial charge < -0.3 is 92.3 Å². The Morgan fingerprint density at radius 2 is 0.881 bits per heavy atom. The molecule has 474 valence electrons. The summed E-state index contributed by atoms with van der Waals surface area (Å²) in [5.74, 6) is -11.7. The largest absolute Gasteiger partial charge is 0.508 e. The molecule has 0 spiro atoms. The van der Waals surface area contributed by atoms with Crippen molar-refractivity contribution >= 4 is 71.1 Å². The predicted molar refractivity (Wildman–Crippen MR) is 316 cm³/mol. The van der Waals surface area contributed by atoms with Gasteiger partial charge >= 0.3 is 11.9 Å². The van der Waals surface area contributed by atoms with Crippen molar-refractivity contribution in [2.75, 3.05) is 19.6 Å². The lowest BCUT2D eigenvalue weighted by molar-refractivity contribution is -0.143. The second-order valence-corrected chi connectivity index (χ2v) is 22.0. The summed E-state index contributed by atoms with van der Waals surface area (Å²) < 4.78 is 0. The molecule has 29 heteroatoms. The van der Waals surface area contributed by atoms with Crippen LogP contribution in [-0.2, 0) is 54.4 Å². The molecule has 84 heavy (non-hydrogen) atoms. The summed E-state index contributed by atoms with van der Waals surface area (Å²) in [4.78, 5) is 145. The molecule has 0 aliphatic rings. The van der Waals surface area contributed by atoms with Crippen LogP contribution in [0.15, 0.2) is 34.3 Å². The number of nitrogens with one attached hydrogen (secondary N) is 8. The molecule has 1 rings (SSSR count). The fourth-order valence-electron chi connectivity index (χ4n) is 8.57. The molecule has 0 aromatic heterocycles. The van der Waals surface area contributed by atoms with E-state index >= 15 is 0 Å². The van der Waals surface area contributed by atoms with Crippen LogP contribution in [0.5, 0.6) is 5.75 Å². The molecular weight excluding hydrogens is 1090 g/mol. The molecule has 0 aliphatic carbocycles. The van der Waals surface area contributed by atoms with Crippen LogP contribution < -0.4 is 76.9 Å². The van der Waals surface area contributed by atoms with E-state index in [0.717, 1.165) is 0 Å². The van der Waals surface area contributed by atoms with E-state index in [-0.39, 0.29) is 94.1 Å². The third-order valence-electron chi connectivity index (χ3n) is 13.7. The summed E-state index contributed by atoms with van der Waals surface area (Å²) in [6.07, 6.45) is 0.715. The number of benzene rings is 1. The minimum atomic E-state index is -1.92. The first kappa shape index (κ1) is 74.2. The molecule has 11 atom stereocenters. The first-order valence-electron chi connectivity index (χ1n) is 28.7. The highest BCUT2D eigenvalue weighted by Crippen LogP contribution is 2.17. The van der Waals surface area contributed by atoms with Crippen molar-refractivity contribution in [1.82, 2.24) is 42.5 Å². The number of hydrogen-bond acceptors (Lipinski definition) is 15. The smallest absolute Gasteiger partial charge is 0.326 e. The highest BCUT2D eigenvalue weighted by Gasteiger charge is 2.37. The molecule has 0 radical (unpaired) electrons. The van der Waals surface area contributed by atoms with E-state index in [9.17, 15) is 63.3 Å². The number of carboxylic acids is 2. The number of carboxylic acid groups (broad SMARTS) is 2. The summed E-state index contributed by atoms with van der Waals surface area (Å²) >= 11 is 0. The van der Waals surface area contributed by atoms with E-state index in [1.165, 1.54) is 24.3 Å². The highest BCUT2D eigenvalue weighted by atomic mass is 16.4. The average Bonchev–Trinajstić information content (AvgIpc) is 3.58. The Balaban J connectivity index is 3.73. The maximum atomic E-state index is 14.5. The van der Waals surface area contributed by atoms with E-state index in [1.54, 1.807) is 55.4 Å². The molecule has 0 saturated heterocycles. The van der Waals surface area contributed by atoms with Crippen LogP contribution in [-0.4, -0.2) is 160 Å². The van der Waals surface area contributed by atoms with Gasteiger partial charge in [-0.1, -0.05) is 80.4 Å². The number of aliphatic carboxylic acids is 2. The minimum absolute atomic E-state index is 0.00860. The molecule has 29 nitrogen and oxygen atoms in total. The Hall–Kier alpha value is -7.82. The van der Waals surface area contributed by atoms with Crippen LogP contribution in [0.1, 0.15) is 138 Å².